The third-order valence-corrected chi connectivity index (χ3v) is 4.36. The predicted octanol–water partition coefficient (Wildman–Crippen LogP) is 1.59. The number of ether oxygens (including phenoxy) is 1. The molecule has 0 radical (unpaired) electrons. The van der Waals surface area contributed by atoms with Gasteiger partial charge in [0.25, 0.3) is 0 Å². The van der Waals surface area contributed by atoms with Crippen LogP contribution in [0.3, 0.4) is 0 Å². The summed E-state index contributed by atoms with van der Waals surface area (Å²) in [5, 5.41) is 12.1. The summed E-state index contributed by atoms with van der Waals surface area (Å²) in [6.07, 6.45) is 3.91. The number of nitrogens with zero attached hydrogens (tertiary/aromatic N) is 3. The van der Waals surface area contributed by atoms with Gasteiger partial charge in [0.05, 0.1) is 12.0 Å². The number of piperidine rings is 1. The number of aromatic nitrogens is 3. The highest BCUT2D eigenvalue weighted by Gasteiger charge is 2.39. The minimum absolute atomic E-state index is 0.0449. The van der Waals surface area contributed by atoms with Gasteiger partial charge >= 0.3 is 0 Å². The van der Waals surface area contributed by atoms with E-state index in [1.807, 2.05) is 6.33 Å². The zero-order valence-corrected chi connectivity index (χ0v) is 12.5. The van der Waals surface area contributed by atoms with Gasteiger partial charge in [0.1, 0.15) is 12.2 Å². The van der Waals surface area contributed by atoms with Crippen LogP contribution in [-0.4, -0.2) is 41.6 Å². The quantitative estimate of drug-likeness (QED) is 0.907. The molecule has 1 aliphatic rings. The second-order valence-electron chi connectivity index (χ2n) is 5.54. The standard InChI is InChI=1S/C16H22N4O/c1-21-12-11-20-13-18-19-15(20)16(7-9-17-10-8-16)14-5-3-2-4-6-14/h2-6,13,17H,7-12H2,1H3. The lowest BCUT2D eigenvalue weighted by atomic mass is 9.72. The van der Waals surface area contributed by atoms with Gasteiger partial charge in [0.2, 0.25) is 0 Å². The summed E-state index contributed by atoms with van der Waals surface area (Å²) in [7, 11) is 1.72. The van der Waals surface area contributed by atoms with Gasteiger partial charge in [-0.25, -0.2) is 0 Å². The molecule has 5 nitrogen and oxygen atoms in total. The van der Waals surface area contributed by atoms with Crippen LogP contribution in [0.15, 0.2) is 36.7 Å². The second kappa shape index (κ2) is 6.37. The van der Waals surface area contributed by atoms with E-state index in [0.717, 1.165) is 38.3 Å². The normalized spacial score (nSPS) is 17.8. The number of rotatable bonds is 5. The zero-order valence-electron chi connectivity index (χ0n) is 12.5. The molecule has 0 bridgehead atoms. The Bertz CT molecular complexity index is 561. The molecule has 0 saturated carbocycles. The molecule has 3 rings (SSSR count). The molecule has 0 aliphatic carbocycles. The van der Waals surface area contributed by atoms with Crippen molar-refractivity contribution in [3.63, 3.8) is 0 Å². The van der Waals surface area contributed by atoms with Crippen molar-refractivity contribution in [2.24, 2.45) is 0 Å². The summed E-state index contributed by atoms with van der Waals surface area (Å²) in [5.41, 5.74) is 1.29. The minimum atomic E-state index is -0.0449. The van der Waals surface area contributed by atoms with Gasteiger partial charge in [-0.3, -0.25) is 0 Å². The lowest BCUT2D eigenvalue weighted by Crippen LogP contribution is -2.42. The maximum atomic E-state index is 5.21. The Morgan fingerprint density at radius 1 is 1.24 bits per heavy atom. The zero-order chi connectivity index (χ0) is 14.5. The summed E-state index contributed by atoms with van der Waals surface area (Å²) >= 11 is 0. The third-order valence-electron chi connectivity index (χ3n) is 4.36. The summed E-state index contributed by atoms with van der Waals surface area (Å²) in [6, 6.07) is 10.7. The highest BCUT2D eigenvalue weighted by molar-refractivity contribution is 5.34. The second-order valence-corrected chi connectivity index (χ2v) is 5.54. The van der Waals surface area contributed by atoms with E-state index >= 15 is 0 Å². The number of hydrogen-bond donors (Lipinski definition) is 1. The van der Waals surface area contributed by atoms with Crippen LogP contribution in [0.1, 0.15) is 24.2 Å². The van der Waals surface area contributed by atoms with Crippen LogP contribution in [0.4, 0.5) is 0 Å². The van der Waals surface area contributed by atoms with Gasteiger partial charge in [0, 0.05) is 13.7 Å². The first-order valence-electron chi connectivity index (χ1n) is 7.50. The molecule has 21 heavy (non-hydrogen) atoms. The highest BCUT2D eigenvalue weighted by Crippen LogP contribution is 2.38. The largest absolute Gasteiger partial charge is 0.383 e. The Balaban J connectivity index is 2.02. The summed E-state index contributed by atoms with van der Waals surface area (Å²) in [5.74, 6) is 1.06. The van der Waals surface area contributed by atoms with Crippen LogP contribution in [-0.2, 0) is 16.7 Å². The molecule has 1 aliphatic heterocycles. The van der Waals surface area contributed by atoms with Gasteiger partial charge in [-0.1, -0.05) is 30.3 Å². The molecule has 1 saturated heterocycles. The Morgan fingerprint density at radius 2 is 2.00 bits per heavy atom. The van der Waals surface area contributed by atoms with E-state index in [0.29, 0.717) is 6.61 Å². The van der Waals surface area contributed by atoms with Crippen molar-refractivity contribution in [2.45, 2.75) is 24.8 Å². The molecular formula is C16H22N4O. The number of nitrogens with one attached hydrogen (secondary N) is 1. The molecular weight excluding hydrogens is 264 g/mol. The van der Waals surface area contributed by atoms with Crippen molar-refractivity contribution in [3.05, 3.63) is 48.0 Å². The van der Waals surface area contributed by atoms with Crippen molar-refractivity contribution in [2.75, 3.05) is 26.8 Å². The third kappa shape index (κ3) is 2.71. The number of benzene rings is 1. The van der Waals surface area contributed by atoms with E-state index in [1.54, 1.807) is 7.11 Å². The summed E-state index contributed by atoms with van der Waals surface area (Å²) in [6.45, 7) is 3.48. The van der Waals surface area contributed by atoms with Crippen molar-refractivity contribution >= 4 is 0 Å². The first-order chi connectivity index (χ1) is 10.4. The first-order valence-corrected chi connectivity index (χ1v) is 7.50. The SMILES string of the molecule is COCCn1cnnc1C1(c2ccccc2)CCNCC1. The van der Waals surface area contributed by atoms with Crippen molar-refractivity contribution < 1.29 is 4.74 Å². The topological polar surface area (TPSA) is 52.0 Å². The molecule has 2 heterocycles. The number of methoxy groups -OCH3 is 1. The van der Waals surface area contributed by atoms with Crippen LogP contribution < -0.4 is 5.32 Å². The maximum absolute atomic E-state index is 5.21. The fourth-order valence-corrected chi connectivity index (χ4v) is 3.23. The smallest absolute Gasteiger partial charge is 0.143 e. The average Bonchev–Trinajstić information content (AvgIpc) is 3.03. The van der Waals surface area contributed by atoms with Crippen molar-refractivity contribution in [1.29, 1.82) is 0 Å². The average molecular weight is 286 g/mol. The molecule has 5 heteroatoms. The summed E-state index contributed by atoms with van der Waals surface area (Å²) in [4.78, 5) is 0. The fraction of sp³-hybridized carbons (Fsp3) is 0.500. The lowest BCUT2D eigenvalue weighted by molar-refractivity contribution is 0.183. The van der Waals surface area contributed by atoms with Gasteiger partial charge in [0.15, 0.2) is 0 Å². The Hall–Kier alpha value is -1.72. The molecule has 0 atom stereocenters. The van der Waals surface area contributed by atoms with Crippen molar-refractivity contribution in [1.82, 2.24) is 20.1 Å². The molecule has 1 N–H and O–H groups in total. The van der Waals surface area contributed by atoms with E-state index in [1.165, 1.54) is 5.56 Å². The van der Waals surface area contributed by atoms with E-state index < -0.39 is 0 Å². The van der Waals surface area contributed by atoms with E-state index in [-0.39, 0.29) is 5.41 Å². The molecule has 1 aromatic heterocycles. The Labute approximate surface area is 125 Å². The first kappa shape index (κ1) is 14.2. The highest BCUT2D eigenvalue weighted by atomic mass is 16.5. The van der Waals surface area contributed by atoms with Crippen molar-refractivity contribution in [3.8, 4) is 0 Å². The molecule has 0 amide bonds. The summed E-state index contributed by atoms with van der Waals surface area (Å²) < 4.78 is 7.35. The Morgan fingerprint density at radius 3 is 2.71 bits per heavy atom. The molecule has 0 unspecified atom stereocenters. The number of hydrogen-bond acceptors (Lipinski definition) is 4. The van der Waals surface area contributed by atoms with Crippen LogP contribution >= 0.6 is 0 Å². The monoisotopic (exact) mass is 286 g/mol. The van der Waals surface area contributed by atoms with E-state index in [4.69, 9.17) is 4.74 Å². The molecule has 112 valence electrons. The van der Waals surface area contributed by atoms with Gasteiger partial charge in [-0.15, -0.1) is 10.2 Å². The molecule has 2 aromatic rings. The minimum Gasteiger partial charge on any atom is -0.383 e. The van der Waals surface area contributed by atoms with Crippen LogP contribution in [0.2, 0.25) is 0 Å². The maximum Gasteiger partial charge on any atom is 0.143 e. The lowest BCUT2D eigenvalue weighted by Gasteiger charge is -2.37. The Kier molecular flexibility index (Phi) is 4.31. The molecule has 1 aromatic carbocycles. The van der Waals surface area contributed by atoms with E-state index in [9.17, 15) is 0 Å². The van der Waals surface area contributed by atoms with E-state index in [2.05, 4.69) is 50.4 Å². The van der Waals surface area contributed by atoms with Crippen LogP contribution in [0.25, 0.3) is 0 Å². The van der Waals surface area contributed by atoms with Crippen LogP contribution in [0, 0.1) is 0 Å². The van der Waals surface area contributed by atoms with Gasteiger partial charge < -0.3 is 14.6 Å². The molecule has 0 spiro atoms. The predicted molar refractivity (Wildman–Crippen MR) is 81.2 cm³/mol. The van der Waals surface area contributed by atoms with Gasteiger partial charge in [-0.2, -0.15) is 0 Å². The van der Waals surface area contributed by atoms with Crippen LogP contribution in [0.5, 0.6) is 0 Å². The van der Waals surface area contributed by atoms with Gasteiger partial charge in [-0.05, 0) is 31.5 Å². The fourth-order valence-electron chi connectivity index (χ4n) is 3.23. The molecule has 1 fully saturated rings.